The van der Waals surface area contributed by atoms with E-state index in [0.717, 1.165) is 0 Å². The van der Waals surface area contributed by atoms with Crippen LogP contribution in [-0.2, 0) is 4.79 Å². The maximum atomic E-state index is 10.7. The minimum atomic E-state index is -0.0496. The molecule has 1 heterocycles. The third kappa shape index (κ3) is 2.54. The van der Waals surface area contributed by atoms with Crippen LogP contribution < -0.4 is 5.32 Å². The molecule has 1 amide bonds. The predicted molar refractivity (Wildman–Crippen MR) is 39.0 cm³/mol. The topological polar surface area (TPSA) is 83.6 Å². The third-order valence-corrected chi connectivity index (χ3v) is 1.80. The summed E-state index contributed by atoms with van der Waals surface area (Å²) in [5.41, 5.74) is 0. The highest BCUT2D eigenvalue weighted by molar-refractivity contribution is 7.99. The number of aromatic amines is 1. The van der Waals surface area contributed by atoms with Crippen LogP contribution in [0.5, 0.6) is 0 Å². The Morgan fingerprint density at radius 2 is 2.64 bits per heavy atom. The highest BCUT2D eigenvalue weighted by Crippen LogP contribution is 2.07. The van der Waals surface area contributed by atoms with Crippen LogP contribution in [0.15, 0.2) is 5.16 Å². The summed E-state index contributed by atoms with van der Waals surface area (Å²) in [7, 11) is 1.58. The van der Waals surface area contributed by atoms with E-state index in [9.17, 15) is 4.79 Å². The van der Waals surface area contributed by atoms with Crippen LogP contribution >= 0.6 is 11.8 Å². The largest absolute Gasteiger partial charge is 0.358 e. The van der Waals surface area contributed by atoms with Crippen molar-refractivity contribution in [3.05, 3.63) is 0 Å². The Bertz CT molecular complexity index is 222. The van der Waals surface area contributed by atoms with Crippen LogP contribution in [-0.4, -0.2) is 39.3 Å². The molecular formula is C4H7N5OS. The molecule has 0 saturated carbocycles. The summed E-state index contributed by atoms with van der Waals surface area (Å²) in [5, 5.41) is 15.9. The van der Waals surface area contributed by atoms with Gasteiger partial charge in [0.2, 0.25) is 11.1 Å². The molecule has 0 aliphatic carbocycles. The second kappa shape index (κ2) is 3.91. The first-order valence-corrected chi connectivity index (χ1v) is 3.88. The fourth-order valence-corrected chi connectivity index (χ4v) is 1.03. The Morgan fingerprint density at radius 1 is 1.82 bits per heavy atom. The molecule has 1 aromatic heterocycles. The molecule has 60 valence electrons. The number of rotatable bonds is 3. The van der Waals surface area contributed by atoms with Crippen LogP contribution in [0.1, 0.15) is 0 Å². The molecule has 0 bridgehead atoms. The van der Waals surface area contributed by atoms with E-state index in [2.05, 4.69) is 25.9 Å². The van der Waals surface area contributed by atoms with Crippen molar-refractivity contribution < 1.29 is 4.79 Å². The van der Waals surface area contributed by atoms with Gasteiger partial charge in [-0.1, -0.05) is 11.8 Å². The number of nitrogens with zero attached hydrogens (tertiary/aromatic N) is 3. The second-order valence-corrected chi connectivity index (χ2v) is 2.63. The van der Waals surface area contributed by atoms with E-state index in [1.807, 2.05) is 0 Å². The quantitative estimate of drug-likeness (QED) is 0.575. The van der Waals surface area contributed by atoms with E-state index in [-0.39, 0.29) is 5.91 Å². The van der Waals surface area contributed by atoms with Crippen LogP contribution in [0.2, 0.25) is 0 Å². The lowest BCUT2D eigenvalue weighted by Crippen LogP contribution is -2.19. The number of carbonyl (C=O) groups is 1. The van der Waals surface area contributed by atoms with E-state index in [4.69, 9.17) is 0 Å². The van der Waals surface area contributed by atoms with Crippen LogP contribution in [0.25, 0.3) is 0 Å². The van der Waals surface area contributed by atoms with Crippen molar-refractivity contribution in [3.63, 3.8) is 0 Å². The number of thioether (sulfide) groups is 1. The fourth-order valence-electron chi connectivity index (χ4n) is 0.418. The first-order valence-electron chi connectivity index (χ1n) is 2.90. The van der Waals surface area contributed by atoms with Crippen molar-refractivity contribution in [1.29, 1.82) is 0 Å². The predicted octanol–water partition coefficient (Wildman–Crippen LogP) is -0.962. The maximum absolute atomic E-state index is 10.7. The van der Waals surface area contributed by atoms with Crippen molar-refractivity contribution in [2.45, 2.75) is 5.16 Å². The van der Waals surface area contributed by atoms with Gasteiger partial charge in [-0.15, -0.1) is 5.10 Å². The summed E-state index contributed by atoms with van der Waals surface area (Å²) in [6, 6.07) is 0. The van der Waals surface area contributed by atoms with E-state index >= 15 is 0 Å². The van der Waals surface area contributed by atoms with Crippen LogP contribution in [0.4, 0.5) is 0 Å². The second-order valence-electron chi connectivity index (χ2n) is 1.67. The molecular weight excluding hydrogens is 166 g/mol. The lowest BCUT2D eigenvalue weighted by atomic mass is 10.7. The maximum Gasteiger partial charge on any atom is 0.230 e. The Labute approximate surface area is 67.1 Å². The Balaban J connectivity index is 2.29. The van der Waals surface area contributed by atoms with Gasteiger partial charge in [-0.2, -0.15) is 0 Å². The van der Waals surface area contributed by atoms with Crippen molar-refractivity contribution >= 4 is 17.7 Å². The first kappa shape index (κ1) is 7.99. The van der Waals surface area contributed by atoms with Gasteiger partial charge >= 0.3 is 0 Å². The molecule has 0 spiro atoms. The van der Waals surface area contributed by atoms with Gasteiger partial charge in [0.25, 0.3) is 0 Å². The SMILES string of the molecule is CNC(=O)CSc1nnn[nH]1. The van der Waals surface area contributed by atoms with Gasteiger partial charge in [-0.25, -0.2) is 5.10 Å². The molecule has 0 radical (unpaired) electrons. The summed E-state index contributed by atoms with van der Waals surface area (Å²) in [6.45, 7) is 0. The molecule has 11 heavy (non-hydrogen) atoms. The average molecular weight is 173 g/mol. The minimum absolute atomic E-state index is 0.0496. The lowest BCUT2D eigenvalue weighted by molar-refractivity contribution is -0.118. The molecule has 6 nitrogen and oxygen atoms in total. The van der Waals surface area contributed by atoms with Crippen molar-refractivity contribution in [2.24, 2.45) is 0 Å². The van der Waals surface area contributed by atoms with Gasteiger partial charge in [0, 0.05) is 7.05 Å². The van der Waals surface area contributed by atoms with Crippen LogP contribution in [0.3, 0.4) is 0 Å². The van der Waals surface area contributed by atoms with Gasteiger partial charge in [-0.3, -0.25) is 4.79 Å². The third-order valence-electron chi connectivity index (χ3n) is 0.945. The smallest absolute Gasteiger partial charge is 0.230 e. The molecule has 0 aromatic carbocycles. The van der Waals surface area contributed by atoms with Gasteiger partial charge in [0.1, 0.15) is 0 Å². The highest BCUT2D eigenvalue weighted by Gasteiger charge is 2.01. The van der Waals surface area contributed by atoms with E-state index in [0.29, 0.717) is 10.9 Å². The molecule has 0 aliphatic heterocycles. The molecule has 0 unspecified atom stereocenters. The number of carbonyl (C=O) groups excluding carboxylic acids is 1. The molecule has 1 rings (SSSR count). The Morgan fingerprint density at radius 3 is 3.18 bits per heavy atom. The van der Waals surface area contributed by atoms with E-state index in [1.165, 1.54) is 11.8 Å². The van der Waals surface area contributed by atoms with E-state index < -0.39 is 0 Å². The highest BCUT2D eigenvalue weighted by atomic mass is 32.2. The Kier molecular flexibility index (Phi) is 2.84. The number of nitrogens with one attached hydrogen (secondary N) is 2. The van der Waals surface area contributed by atoms with Crippen molar-refractivity contribution in [1.82, 2.24) is 25.9 Å². The number of hydrogen-bond donors (Lipinski definition) is 2. The fraction of sp³-hybridized carbons (Fsp3) is 0.500. The number of hydrogen-bond acceptors (Lipinski definition) is 5. The minimum Gasteiger partial charge on any atom is -0.358 e. The molecule has 0 fully saturated rings. The molecule has 2 N–H and O–H groups in total. The standard InChI is InChI=1S/C4H7N5OS/c1-5-3(10)2-11-4-6-8-9-7-4/h2H2,1H3,(H,5,10)(H,6,7,8,9). The molecule has 1 aromatic rings. The number of H-pyrrole nitrogens is 1. The zero-order chi connectivity index (χ0) is 8.10. The first-order chi connectivity index (χ1) is 5.33. The van der Waals surface area contributed by atoms with Crippen molar-refractivity contribution in [2.75, 3.05) is 12.8 Å². The Hall–Kier alpha value is -1.11. The summed E-state index contributed by atoms with van der Waals surface area (Å²) in [5.74, 6) is 0.277. The number of tetrazole rings is 1. The van der Waals surface area contributed by atoms with Gasteiger partial charge in [0.05, 0.1) is 5.75 Å². The van der Waals surface area contributed by atoms with Gasteiger partial charge in [-0.05, 0) is 10.4 Å². The molecule has 0 aliphatic rings. The molecule has 7 heteroatoms. The summed E-state index contributed by atoms with van der Waals surface area (Å²) < 4.78 is 0. The average Bonchev–Trinajstić information content (AvgIpc) is 2.52. The monoisotopic (exact) mass is 173 g/mol. The summed E-state index contributed by atoms with van der Waals surface area (Å²) >= 11 is 1.26. The summed E-state index contributed by atoms with van der Waals surface area (Å²) in [4.78, 5) is 10.7. The molecule has 0 atom stereocenters. The van der Waals surface area contributed by atoms with Crippen molar-refractivity contribution in [3.8, 4) is 0 Å². The number of amides is 1. The van der Waals surface area contributed by atoms with E-state index in [1.54, 1.807) is 7.05 Å². The number of aromatic nitrogens is 4. The van der Waals surface area contributed by atoms with Gasteiger partial charge in [0.15, 0.2) is 0 Å². The lowest BCUT2D eigenvalue weighted by Gasteiger charge is -1.94. The zero-order valence-corrected chi connectivity index (χ0v) is 6.68. The zero-order valence-electron chi connectivity index (χ0n) is 5.87. The molecule has 0 saturated heterocycles. The normalized spacial score (nSPS) is 9.55. The van der Waals surface area contributed by atoms with Crippen LogP contribution in [0, 0.1) is 0 Å². The van der Waals surface area contributed by atoms with Gasteiger partial charge < -0.3 is 5.32 Å². The summed E-state index contributed by atoms with van der Waals surface area (Å²) in [6.07, 6.45) is 0.